The van der Waals surface area contributed by atoms with Gasteiger partial charge in [-0.15, -0.1) is 0 Å². The third-order valence-corrected chi connectivity index (χ3v) is 3.32. The molecule has 0 aromatic heterocycles. The smallest absolute Gasteiger partial charge is 0.379 e. The van der Waals surface area contributed by atoms with Crippen LogP contribution in [0.25, 0.3) is 0 Å². The molecule has 1 aromatic carbocycles. The number of rotatable bonds is 4. The van der Waals surface area contributed by atoms with Crippen molar-refractivity contribution in [2.24, 2.45) is 5.41 Å². The van der Waals surface area contributed by atoms with Crippen LogP contribution in [0.5, 0.6) is 0 Å². The number of benzene rings is 1. The van der Waals surface area contributed by atoms with Gasteiger partial charge in [0.15, 0.2) is 0 Å². The van der Waals surface area contributed by atoms with Crippen molar-refractivity contribution in [3.05, 3.63) is 35.4 Å². The summed E-state index contributed by atoms with van der Waals surface area (Å²) in [6.45, 7) is 6.11. The molecule has 0 bridgehead atoms. The van der Waals surface area contributed by atoms with Crippen LogP contribution < -0.4 is 5.32 Å². The second-order valence-corrected chi connectivity index (χ2v) is 5.91. The zero-order valence-corrected chi connectivity index (χ0v) is 12.5. The molecule has 2 nitrogen and oxygen atoms in total. The Bertz CT molecular complexity index is 420. The molecule has 0 spiro atoms. The van der Waals surface area contributed by atoms with Crippen LogP contribution in [0.2, 0.25) is 0 Å². The van der Waals surface area contributed by atoms with E-state index < -0.39 is 11.7 Å². The summed E-state index contributed by atoms with van der Waals surface area (Å²) in [7, 11) is 3.39. The van der Waals surface area contributed by atoms with E-state index in [1.54, 1.807) is 14.2 Å². The Hall–Kier alpha value is -1.07. The van der Waals surface area contributed by atoms with Gasteiger partial charge < -0.3 is 10.1 Å². The Kier molecular flexibility index (Phi) is 5.21. The fraction of sp³-hybridized carbons (Fsp3) is 0.600. The van der Waals surface area contributed by atoms with Crippen LogP contribution >= 0.6 is 0 Å². The Morgan fingerprint density at radius 1 is 1.05 bits per heavy atom. The quantitative estimate of drug-likeness (QED) is 0.903. The van der Waals surface area contributed by atoms with Crippen LogP contribution in [0.1, 0.15) is 37.9 Å². The zero-order chi connectivity index (χ0) is 15.6. The molecule has 0 aliphatic carbocycles. The summed E-state index contributed by atoms with van der Waals surface area (Å²) >= 11 is 0. The summed E-state index contributed by atoms with van der Waals surface area (Å²) < 4.78 is 43.3. The fourth-order valence-electron chi connectivity index (χ4n) is 2.36. The van der Waals surface area contributed by atoms with Crippen LogP contribution in [0.15, 0.2) is 24.3 Å². The number of likely N-dealkylation sites (N-methyl/N-ethyl adjacent to an activating group) is 1. The first-order valence-corrected chi connectivity index (χ1v) is 6.48. The van der Waals surface area contributed by atoms with E-state index in [0.717, 1.165) is 17.7 Å². The van der Waals surface area contributed by atoms with E-state index >= 15 is 0 Å². The van der Waals surface area contributed by atoms with Crippen molar-refractivity contribution in [1.29, 1.82) is 0 Å². The van der Waals surface area contributed by atoms with Crippen molar-refractivity contribution < 1.29 is 17.9 Å². The van der Waals surface area contributed by atoms with E-state index in [4.69, 9.17) is 4.74 Å². The Morgan fingerprint density at radius 2 is 1.55 bits per heavy atom. The molecule has 0 amide bonds. The molecule has 0 saturated carbocycles. The molecule has 0 fully saturated rings. The molecule has 0 aliphatic heterocycles. The van der Waals surface area contributed by atoms with Gasteiger partial charge in [-0.2, -0.15) is 13.2 Å². The van der Waals surface area contributed by atoms with Gasteiger partial charge in [-0.3, -0.25) is 0 Å². The minimum atomic E-state index is -4.31. The number of alkyl halides is 3. The zero-order valence-electron chi connectivity index (χ0n) is 12.5. The SMILES string of the molecule is CNC(c1ccc(C(F)(F)F)cc1)C(OC)C(C)(C)C. The Balaban J connectivity index is 3.07. The lowest BCUT2D eigenvalue weighted by Crippen LogP contribution is -2.40. The highest BCUT2D eigenvalue weighted by molar-refractivity contribution is 5.27. The first-order chi connectivity index (χ1) is 9.11. The van der Waals surface area contributed by atoms with Crippen molar-refractivity contribution in [3.63, 3.8) is 0 Å². The fourth-order valence-corrected chi connectivity index (χ4v) is 2.36. The number of hydrogen-bond acceptors (Lipinski definition) is 2. The third-order valence-electron chi connectivity index (χ3n) is 3.32. The molecule has 1 rings (SSSR count). The minimum Gasteiger partial charge on any atom is -0.379 e. The number of ether oxygens (including phenoxy) is 1. The molecule has 1 N–H and O–H groups in total. The monoisotopic (exact) mass is 289 g/mol. The topological polar surface area (TPSA) is 21.3 Å². The lowest BCUT2D eigenvalue weighted by atomic mass is 9.82. The van der Waals surface area contributed by atoms with Gasteiger partial charge in [0.1, 0.15) is 0 Å². The highest BCUT2D eigenvalue weighted by Crippen LogP contribution is 2.34. The molecule has 0 aliphatic rings. The first-order valence-electron chi connectivity index (χ1n) is 6.48. The number of halogens is 3. The van der Waals surface area contributed by atoms with Gasteiger partial charge in [-0.05, 0) is 30.2 Å². The first kappa shape index (κ1) is 17.0. The molecule has 2 atom stereocenters. The summed E-state index contributed by atoms with van der Waals surface area (Å²) in [4.78, 5) is 0. The van der Waals surface area contributed by atoms with Crippen molar-refractivity contribution in [2.45, 2.75) is 39.1 Å². The van der Waals surface area contributed by atoms with Crippen molar-refractivity contribution >= 4 is 0 Å². The summed E-state index contributed by atoms with van der Waals surface area (Å²) in [5.41, 5.74) is 0.00796. The van der Waals surface area contributed by atoms with E-state index in [1.807, 2.05) is 20.8 Å². The van der Waals surface area contributed by atoms with Crippen LogP contribution in [0, 0.1) is 5.41 Å². The number of nitrogens with one attached hydrogen (secondary N) is 1. The normalized spacial score (nSPS) is 16.0. The van der Waals surface area contributed by atoms with Gasteiger partial charge >= 0.3 is 6.18 Å². The molecular formula is C15H22F3NO. The minimum absolute atomic E-state index is 0.134. The van der Waals surface area contributed by atoms with Crippen LogP contribution in [0.3, 0.4) is 0 Å². The number of hydrogen-bond donors (Lipinski definition) is 1. The van der Waals surface area contributed by atoms with E-state index in [9.17, 15) is 13.2 Å². The van der Waals surface area contributed by atoms with Crippen LogP contribution in [-0.2, 0) is 10.9 Å². The third kappa shape index (κ3) is 3.96. The van der Waals surface area contributed by atoms with Gasteiger partial charge in [0, 0.05) is 7.11 Å². The highest BCUT2D eigenvalue weighted by Gasteiger charge is 2.34. The van der Waals surface area contributed by atoms with E-state index in [0.29, 0.717) is 0 Å². The average molecular weight is 289 g/mol. The molecule has 2 unspecified atom stereocenters. The lowest BCUT2D eigenvalue weighted by Gasteiger charge is -2.36. The summed E-state index contributed by atoms with van der Waals surface area (Å²) in [6.07, 6.45) is -4.46. The molecule has 5 heteroatoms. The lowest BCUT2D eigenvalue weighted by molar-refractivity contribution is -0.137. The van der Waals surface area contributed by atoms with Crippen molar-refractivity contribution in [2.75, 3.05) is 14.2 Å². The van der Waals surface area contributed by atoms with E-state index in [-0.39, 0.29) is 17.6 Å². The van der Waals surface area contributed by atoms with Crippen molar-refractivity contribution in [1.82, 2.24) is 5.32 Å². The summed E-state index contributed by atoms with van der Waals surface area (Å²) in [6, 6.07) is 5.05. The standard InChI is InChI=1S/C15H22F3NO/c1-14(2,3)13(20-5)12(19-4)10-6-8-11(9-7-10)15(16,17)18/h6-9,12-13,19H,1-5H3. The van der Waals surface area contributed by atoms with Gasteiger partial charge in [0.25, 0.3) is 0 Å². The molecule has 20 heavy (non-hydrogen) atoms. The Morgan fingerprint density at radius 3 is 1.85 bits per heavy atom. The second-order valence-electron chi connectivity index (χ2n) is 5.91. The molecule has 0 radical (unpaired) electrons. The summed E-state index contributed by atoms with van der Waals surface area (Å²) in [5, 5.41) is 3.13. The molecule has 1 aromatic rings. The average Bonchev–Trinajstić information content (AvgIpc) is 2.33. The Labute approximate surface area is 118 Å². The van der Waals surface area contributed by atoms with Gasteiger partial charge in [-0.1, -0.05) is 32.9 Å². The summed E-state index contributed by atoms with van der Waals surface area (Å²) in [5.74, 6) is 0. The highest BCUT2D eigenvalue weighted by atomic mass is 19.4. The molecule has 0 heterocycles. The van der Waals surface area contributed by atoms with Gasteiger partial charge in [0.05, 0.1) is 17.7 Å². The maximum Gasteiger partial charge on any atom is 0.416 e. The van der Waals surface area contributed by atoms with Gasteiger partial charge in [0.2, 0.25) is 0 Å². The molecule has 114 valence electrons. The van der Waals surface area contributed by atoms with E-state index in [1.165, 1.54) is 12.1 Å². The number of methoxy groups -OCH3 is 1. The molecule has 0 saturated heterocycles. The van der Waals surface area contributed by atoms with Crippen LogP contribution in [-0.4, -0.2) is 20.3 Å². The largest absolute Gasteiger partial charge is 0.416 e. The van der Waals surface area contributed by atoms with Gasteiger partial charge in [-0.25, -0.2) is 0 Å². The maximum atomic E-state index is 12.6. The van der Waals surface area contributed by atoms with E-state index in [2.05, 4.69) is 5.32 Å². The second kappa shape index (κ2) is 6.14. The van der Waals surface area contributed by atoms with Crippen LogP contribution in [0.4, 0.5) is 13.2 Å². The van der Waals surface area contributed by atoms with Crippen molar-refractivity contribution in [3.8, 4) is 0 Å². The molecular weight excluding hydrogens is 267 g/mol. The maximum absolute atomic E-state index is 12.6. The predicted octanol–water partition coefficient (Wildman–Crippen LogP) is 4.03. The predicted molar refractivity (Wildman–Crippen MR) is 73.5 cm³/mol.